The molecule has 0 amide bonds. The third-order valence-corrected chi connectivity index (χ3v) is 1.81. The molecule has 5 nitrogen and oxygen atoms in total. The molecule has 1 rings (SSSR count). The largest absolute Gasteiger partial charge is 0.490 e. The quantitative estimate of drug-likeness (QED) is 0.605. The highest BCUT2D eigenvalue weighted by Gasteiger charge is 2.38. The number of halogens is 3. The Balaban J connectivity index is 0.000000293. The molecule has 0 radical (unpaired) electrons. The summed E-state index contributed by atoms with van der Waals surface area (Å²) < 4.78 is 36.9. The first-order valence-corrected chi connectivity index (χ1v) is 4.45. The van der Waals surface area contributed by atoms with Crippen LogP contribution in [-0.4, -0.2) is 54.3 Å². The summed E-state index contributed by atoms with van der Waals surface area (Å²) in [5, 5.41) is 19.1. The van der Waals surface area contributed by atoms with Crippen LogP contribution in [0.15, 0.2) is 0 Å². The molecule has 0 aromatic heterocycles. The molecule has 0 aliphatic carbocycles. The summed E-state index contributed by atoms with van der Waals surface area (Å²) >= 11 is 0. The fourth-order valence-electron chi connectivity index (χ4n) is 0.875. The molecule has 96 valence electrons. The van der Waals surface area contributed by atoms with Crippen LogP contribution in [0.1, 0.15) is 6.92 Å². The van der Waals surface area contributed by atoms with Gasteiger partial charge >= 0.3 is 12.1 Å². The van der Waals surface area contributed by atoms with Gasteiger partial charge in [0, 0.05) is 6.54 Å². The summed E-state index contributed by atoms with van der Waals surface area (Å²) in [6.45, 7) is 4.31. The van der Waals surface area contributed by atoms with Gasteiger partial charge < -0.3 is 20.3 Å². The molecule has 1 aliphatic rings. The second kappa shape index (κ2) is 6.02. The molecule has 1 aliphatic heterocycles. The maximum Gasteiger partial charge on any atom is 0.490 e. The summed E-state index contributed by atoms with van der Waals surface area (Å²) in [4.78, 5) is 8.90. The Morgan fingerprint density at radius 1 is 1.56 bits per heavy atom. The van der Waals surface area contributed by atoms with E-state index >= 15 is 0 Å². The Labute approximate surface area is 90.2 Å². The van der Waals surface area contributed by atoms with Crippen molar-refractivity contribution in [3.63, 3.8) is 0 Å². The Kier molecular flexibility index (Phi) is 5.70. The van der Waals surface area contributed by atoms with Gasteiger partial charge in [0.25, 0.3) is 0 Å². The molecule has 1 heterocycles. The molecule has 1 saturated heterocycles. The Morgan fingerprint density at radius 3 is 2.25 bits per heavy atom. The lowest BCUT2D eigenvalue weighted by Gasteiger charge is -2.32. The van der Waals surface area contributed by atoms with Crippen molar-refractivity contribution in [3.05, 3.63) is 0 Å². The molecular weight excluding hydrogens is 231 g/mol. The third-order valence-electron chi connectivity index (χ3n) is 1.81. The first-order chi connectivity index (χ1) is 7.21. The number of ether oxygens (including phenoxy) is 1. The molecule has 0 aromatic rings. The summed E-state index contributed by atoms with van der Waals surface area (Å²) in [6, 6.07) is 0. The van der Waals surface area contributed by atoms with E-state index in [1.54, 1.807) is 0 Å². The number of rotatable bonds is 1. The SMILES string of the molecule is CC1(CO)COCCN1.O=C(O)C(F)(F)F. The van der Waals surface area contributed by atoms with Crippen molar-refractivity contribution in [2.45, 2.75) is 18.6 Å². The van der Waals surface area contributed by atoms with Gasteiger partial charge in [-0.3, -0.25) is 0 Å². The minimum absolute atomic E-state index is 0.146. The first-order valence-electron chi connectivity index (χ1n) is 4.45. The molecule has 1 atom stereocenters. The lowest BCUT2D eigenvalue weighted by molar-refractivity contribution is -0.192. The van der Waals surface area contributed by atoms with E-state index in [0.717, 1.165) is 13.2 Å². The molecule has 0 saturated carbocycles. The number of aliphatic hydroxyl groups excluding tert-OH is 1. The Morgan fingerprint density at radius 2 is 2.06 bits per heavy atom. The van der Waals surface area contributed by atoms with Crippen LogP contribution >= 0.6 is 0 Å². The second-order valence-corrected chi connectivity index (χ2v) is 3.50. The summed E-state index contributed by atoms with van der Waals surface area (Å²) in [5.41, 5.74) is -0.196. The Bertz CT molecular complexity index is 226. The van der Waals surface area contributed by atoms with Crippen molar-refractivity contribution >= 4 is 5.97 Å². The smallest absolute Gasteiger partial charge is 0.475 e. The van der Waals surface area contributed by atoms with Gasteiger partial charge in [-0.05, 0) is 6.92 Å². The van der Waals surface area contributed by atoms with Crippen molar-refractivity contribution in [2.75, 3.05) is 26.4 Å². The van der Waals surface area contributed by atoms with E-state index in [2.05, 4.69) is 5.32 Å². The fraction of sp³-hybridized carbons (Fsp3) is 0.875. The van der Waals surface area contributed by atoms with Crippen molar-refractivity contribution in [1.29, 1.82) is 0 Å². The third kappa shape index (κ3) is 5.89. The van der Waals surface area contributed by atoms with E-state index in [1.807, 2.05) is 6.92 Å². The van der Waals surface area contributed by atoms with Crippen LogP contribution in [0, 0.1) is 0 Å². The van der Waals surface area contributed by atoms with Crippen molar-refractivity contribution in [1.82, 2.24) is 5.32 Å². The zero-order valence-corrected chi connectivity index (χ0v) is 8.67. The number of hydrogen-bond donors (Lipinski definition) is 3. The lowest BCUT2D eigenvalue weighted by Crippen LogP contribution is -2.54. The van der Waals surface area contributed by atoms with Crippen LogP contribution in [0.25, 0.3) is 0 Å². The molecule has 1 unspecified atom stereocenters. The van der Waals surface area contributed by atoms with E-state index in [4.69, 9.17) is 19.7 Å². The van der Waals surface area contributed by atoms with E-state index in [0.29, 0.717) is 6.61 Å². The number of aliphatic carboxylic acids is 1. The lowest BCUT2D eigenvalue weighted by atomic mass is 10.0. The van der Waals surface area contributed by atoms with Crippen LogP contribution in [-0.2, 0) is 9.53 Å². The van der Waals surface area contributed by atoms with Crippen molar-refractivity contribution in [3.8, 4) is 0 Å². The van der Waals surface area contributed by atoms with Gasteiger partial charge in [0.1, 0.15) is 0 Å². The highest BCUT2D eigenvalue weighted by molar-refractivity contribution is 5.73. The summed E-state index contributed by atoms with van der Waals surface area (Å²) in [7, 11) is 0. The van der Waals surface area contributed by atoms with Crippen LogP contribution in [0.2, 0.25) is 0 Å². The standard InChI is InChI=1S/C6H13NO2.C2HF3O2/c1-6(4-8)5-9-3-2-7-6;3-2(4,5)1(6)7/h7-8H,2-5H2,1H3;(H,6,7). The number of aliphatic hydroxyl groups is 1. The summed E-state index contributed by atoms with van der Waals surface area (Å²) in [6.07, 6.45) is -5.08. The van der Waals surface area contributed by atoms with Gasteiger partial charge in [-0.15, -0.1) is 0 Å². The zero-order chi connectivity index (χ0) is 12.8. The highest BCUT2D eigenvalue weighted by atomic mass is 19.4. The van der Waals surface area contributed by atoms with E-state index in [9.17, 15) is 13.2 Å². The van der Waals surface area contributed by atoms with Crippen molar-refractivity contribution in [2.24, 2.45) is 0 Å². The number of carboxylic acids is 1. The number of alkyl halides is 3. The predicted molar refractivity (Wildman–Crippen MR) is 48.0 cm³/mol. The van der Waals surface area contributed by atoms with Crippen LogP contribution in [0.5, 0.6) is 0 Å². The first kappa shape index (κ1) is 15.1. The van der Waals surface area contributed by atoms with E-state index in [-0.39, 0.29) is 12.1 Å². The van der Waals surface area contributed by atoms with Gasteiger partial charge in [0.05, 0.1) is 25.4 Å². The minimum Gasteiger partial charge on any atom is -0.475 e. The predicted octanol–water partition coefficient (Wildman–Crippen LogP) is -0.00950. The topological polar surface area (TPSA) is 78.8 Å². The van der Waals surface area contributed by atoms with Gasteiger partial charge in [0.2, 0.25) is 0 Å². The molecule has 3 N–H and O–H groups in total. The van der Waals surface area contributed by atoms with Crippen LogP contribution in [0.4, 0.5) is 13.2 Å². The number of carbonyl (C=O) groups is 1. The maximum absolute atomic E-state index is 10.6. The molecule has 8 heteroatoms. The Hall–Kier alpha value is -0.860. The van der Waals surface area contributed by atoms with Gasteiger partial charge in [-0.25, -0.2) is 4.79 Å². The van der Waals surface area contributed by atoms with E-state index in [1.165, 1.54) is 0 Å². The van der Waals surface area contributed by atoms with Crippen LogP contribution < -0.4 is 5.32 Å². The number of carboxylic acid groups (broad SMARTS) is 1. The minimum atomic E-state index is -5.08. The van der Waals surface area contributed by atoms with Gasteiger partial charge in [0.15, 0.2) is 0 Å². The molecule has 0 spiro atoms. The number of hydrogen-bond acceptors (Lipinski definition) is 4. The maximum atomic E-state index is 10.6. The molecule has 0 bridgehead atoms. The monoisotopic (exact) mass is 245 g/mol. The zero-order valence-electron chi connectivity index (χ0n) is 8.67. The van der Waals surface area contributed by atoms with Crippen LogP contribution in [0.3, 0.4) is 0 Å². The van der Waals surface area contributed by atoms with Gasteiger partial charge in [-0.1, -0.05) is 0 Å². The van der Waals surface area contributed by atoms with Crippen molar-refractivity contribution < 1.29 is 32.9 Å². The fourth-order valence-corrected chi connectivity index (χ4v) is 0.875. The molecule has 16 heavy (non-hydrogen) atoms. The molecule has 1 fully saturated rings. The number of morpholine rings is 1. The second-order valence-electron chi connectivity index (χ2n) is 3.50. The molecular formula is C8H14F3NO4. The van der Waals surface area contributed by atoms with Gasteiger partial charge in [-0.2, -0.15) is 13.2 Å². The average molecular weight is 245 g/mol. The average Bonchev–Trinajstić information content (AvgIpc) is 2.18. The van der Waals surface area contributed by atoms with E-state index < -0.39 is 12.1 Å². The highest BCUT2D eigenvalue weighted by Crippen LogP contribution is 2.13. The summed E-state index contributed by atoms with van der Waals surface area (Å²) in [5.74, 6) is -2.76. The number of nitrogens with one attached hydrogen (secondary N) is 1. The normalized spacial score (nSPS) is 25.6. The molecule has 0 aromatic carbocycles.